The molecule has 1 unspecified atom stereocenters. The lowest BCUT2D eigenvalue weighted by molar-refractivity contribution is 0.417. The summed E-state index contributed by atoms with van der Waals surface area (Å²) in [5.74, 6) is 1.00. The average molecular weight is 307 g/mol. The Morgan fingerprint density at radius 2 is 2.00 bits per heavy atom. The van der Waals surface area contributed by atoms with Gasteiger partial charge in [-0.25, -0.2) is 4.98 Å². The Balaban J connectivity index is 1.82. The molecule has 1 aromatic carbocycles. The zero-order valence-corrected chi connectivity index (χ0v) is 11.5. The molecule has 1 aliphatic heterocycles. The minimum Gasteiger partial charge on any atom is -0.341 e. The lowest BCUT2D eigenvalue weighted by atomic mass is 10.2. The molecule has 18 heavy (non-hydrogen) atoms. The van der Waals surface area contributed by atoms with Crippen molar-refractivity contribution in [1.29, 1.82) is 0 Å². The van der Waals surface area contributed by atoms with E-state index in [4.69, 9.17) is 0 Å². The predicted molar refractivity (Wildman–Crippen MR) is 75.3 cm³/mol. The van der Waals surface area contributed by atoms with Crippen LogP contribution in [0.15, 0.2) is 34.9 Å². The molecule has 2 heterocycles. The van der Waals surface area contributed by atoms with Gasteiger partial charge < -0.3 is 15.6 Å². The van der Waals surface area contributed by atoms with Crippen LogP contribution >= 0.6 is 15.9 Å². The molecule has 0 amide bonds. The summed E-state index contributed by atoms with van der Waals surface area (Å²) in [5.41, 5.74) is 2.21. The van der Waals surface area contributed by atoms with E-state index in [0.717, 1.165) is 41.2 Å². The summed E-state index contributed by atoms with van der Waals surface area (Å²) in [5, 5.41) is 6.81. The van der Waals surface area contributed by atoms with Gasteiger partial charge in [-0.1, -0.05) is 28.1 Å². The topological polar surface area (TPSA) is 52.7 Å². The first-order chi connectivity index (χ1) is 8.83. The number of benzene rings is 1. The molecule has 4 nitrogen and oxygen atoms in total. The SMILES string of the molecule is Brc1ccc(-c2cnc(C3CNCCN3)[nH]2)cc1. The third-order valence-corrected chi connectivity index (χ3v) is 3.65. The van der Waals surface area contributed by atoms with Gasteiger partial charge in [0, 0.05) is 24.1 Å². The zero-order valence-electron chi connectivity index (χ0n) is 9.91. The molecule has 94 valence electrons. The average Bonchev–Trinajstić information content (AvgIpc) is 2.90. The molecule has 0 saturated carbocycles. The molecule has 5 heteroatoms. The minimum atomic E-state index is 0.281. The maximum Gasteiger partial charge on any atom is 0.125 e. The predicted octanol–water partition coefficient (Wildman–Crippen LogP) is 2.07. The second kappa shape index (κ2) is 5.22. The molecular formula is C13H15BrN4. The monoisotopic (exact) mass is 306 g/mol. The number of hydrogen-bond donors (Lipinski definition) is 3. The molecule has 3 rings (SSSR count). The van der Waals surface area contributed by atoms with Gasteiger partial charge >= 0.3 is 0 Å². The number of piperazine rings is 1. The zero-order chi connectivity index (χ0) is 12.4. The van der Waals surface area contributed by atoms with E-state index in [-0.39, 0.29) is 6.04 Å². The van der Waals surface area contributed by atoms with Crippen molar-refractivity contribution in [2.24, 2.45) is 0 Å². The summed E-state index contributed by atoms with van der Waals surface area (Å²) in [6, 6.07) is 8.51. The molecule has 0 spiro atoms. The largest absolute Gasteiger partial charge is 0.341 e. The van der Waals surface area contributed by atoms with E-state index in [1.807, 2.05) is 18.3 Å². The van der Waals surface area contributed by atoms with Crippen LogP contribution in [0.2, 0.25) is 0 Å². The molecule has 1 aromatic heterocycles. The highest BCUT2D eigenvalue weighted by atomic mass is 79.9. The van der Waals surface area contributed by atoms with Crippen LogP contribution in [0.3, 0.4) is 0 Å². The van der Waals surface area contributed by atoms with Crippen molar-refractivity contribution in [2.45, 2.75) is 6.04 Å². The van der Waals surface area contributed by atoms with Gasteiger partial charge in [-0.15, -0.1) is 0 Å². The fraction of sp³-hybridized carbons (Fsp3) is 0.308. The maximum absolute atomic E-state index is 4.47. The molecule has 0 aliphatic carbocycles. The number of nitrogens with zero attached hydrogens (tertiary/aromatic N) is 1. The van der Waals surface area contributed by atoms with Gasteiger partial charge in [0.15, 0.2) is 0 Å². The second-order valence-corrected chi connectivity index (χ2v) is 5.32. The number of imidazole rings is 1. The smallest absolute Gasteiger partial charge is 0.125 e. The van der Waals surface area contributed by atoms with Crippen molar-refractivity contribution in [3.63, 3.8) is 0 Å². The fourth-order valence-corrected chi connectivity index (χ4v) is 2.40. The summed E-state index contributed by atoms with van der Waals surface area (Å²) in [7, 11) is 0. The summed E-state index contributed by atoms with van der Waals surface area (Å²) < 4.78 is 1.09. The first-order valence-corrected chi connectivity index (χ1v) is 6.87. The number of aromatic amines is 1. The van der Waals surface area contributed by atoms with Crippen LogP contribution in [-0.2, 0) is 0 Å². The third-order valence-electron chi connectivity index (χ3n) is 3.12. The molecular weight excluding hydrogens is 292 g/mol. The maximum atomic E-state index is 4.47. The molecule has 1 saturated heterocycles. The van der Waals surface area contributed by atoms with Crippen molar-refractivity contribution in [3.05, 3.63) is 40.8 Å². The van der Waals surface area contributed by atoms with E-state index in [2.05, 4.69) is 48.7 Å². The van der Waals surface area contributed by atoms with E-state index in [0.29, 0.717) is 0 Å². The summed E-state index contributed by atoms with van der Waals surface area (Å²) in [4.78, 5) is 7.86. The highest BCUT2D eigenvalue weighted by Gasteiger charge is 2.17. The van der Waals surface area contributed by atoms with Crippen LogP contribution in [0.1, 0.15) is 11.9 Å². The Morgan fingerprint density at radius 3 is 2.72 bits per heavy atom. The molecule has 0 radical (unpaired) electrons. The van der Waals surface area contributed by atoms with Gasteiger partial charge in [-0.2, -0.15) is 0 Å². The van der Waals surface area contributed by atoms with Crippen molar-refractivity contribution < 1.29 is 0 Å². The van der Waals surface area contributed by atoms with Gasteiger partial charge in [-0.3, -0.25) is 0 Å². The molecule has 1 aliphatic rings. The Morgan fingerprint density at radius 1 is 1.17 bits per heavy atom. The van der Waals surface area contributed by atoms with Gasteiger partial charge in [0.25, 0.3) is 0 Å². The standard InChI is InChI=1S/C13H15BrN4/c14-10-3-1-9(2-4-10)11-8-17-13(18-11)12-7-15-5-6-16-12/h1-4,8,12,15-16H,5-7H2,(H,17,18). The van der Waals surface area contributed by atoms with Crippen molar-refractivity contribution in [3.8, 4) is 11.3 Å². The third kappa shape index (κ3) is 2.48. The molecule has 3 N–H and O–H groups in total. The highest BCUT2D eigenvalue weighted by molar-refractivity contribution is 9.10. The van der Waals surface area contributed by atoms with Crippen LogP contribution in [0.4, 0.5) is 0 Å². The number of nitrogens with one attached hydrogen (secondary N) is 3. The molecule has 2 aromatic rings. The highest BCUT2D eigenvalue weighted by Crippen LogP contribution is 2.21. The quantitative estimate of drug-likeness (QED) is 0.796. The Kier molecular flexibility index (Phi) is 3.45. The van der Waals surface area contributed by atoms with Crippen LogP contribution < -0.4 is 10.6 Å². The summed E-state index contributed by atoms with van der Waals surface area (Å²) in [6.07, 6.45) is 1.90. The summed E-state index contributed by atoms with van der Waals surface area (Å²) >= 11 is 3.44. The Hall–Kier alpha value is -1.17. The van der Waals surface area contributed by atoms with Crippen LogP contribution in [0, 0.1) is 0 Å². The number of H-pyrrole nitrogens is 1. The first kappa shape index (κ1) is 11.9. The van der Waals surface area contributed by atoms with Crippen LogP contribution in [-0.4, -0.2) is 29.6 Å². The second-order valence-electron chi connectivity index (χ2n) is 4.40. The number of hydrogen-bond acceptors (Lipinski definition) is 3. The van der Waals surface area contributed by atoms with E-state index in [9.17, 15) is 0 Å². The van der Waals surface area contributed by atoms with E-state index < -0.39 is 0 Å². The lowest BCUT2D eigenvalue weighted by Gasteiger charge is -2.22. The van der Waals surface area contributed by atoms with Crippen LogP contribution in [0.25, 0.3) is 11.3 Å². The van der Waals surface area contributed by atoms with Gasteiger partial charge in [-0.05, 0) is 17.7 Å². The first-order valence-electron chi connectivity index (χ1n) is 6.08. The summed E-state index contributed by atoms with van der Waals surface area (Å²) in [6.45, 7) is 2.93. The molecule has 1 atom stereocenters. The number of rotatable bonds is 2. The fourth-order valence-electron chi connectivity index (χ4n) is 2.14. The Bertz CT molecular complexity index is 514. The minimum absolute atomic E-state index is 0.281. The number of halogens is 1. The number of aromatic nitrogens is 2. The van der Waals surface area contributed by atoms with Crippen molar-refractivity contribution >= 4 is 15.9 Å². The van der Waals surface area contributed by atoms with E-state index >= 15 is 0 Å². The Labute approximate surface area is 114 Å². The molecule has 1 fully saturated rings. The van der Waals surface area contributed by atoms with E-state index in [1.165, 1.54) is 0 Å². The normalized spacial score (nSPS) is 19.9. The van der Waals surface area contributed by atoms with Gasteiger partial charge in [0.2, 0.25) is 0 Å². The van der Waals surface area contributed by atoms with Crippen molar-refractivity contribution in [1.82, 2.24) is 20.6 Å². The van der Waals surface area contributed by atoms with Gasteiger partial charge in [0.05, 0.1) is 17.9 Å². The van der Waals surface area contributed by atoms with Crippen LogP contribution in [0.5, 0.6) is 0 Å². The van der Waals surface area contributed by atoms with Crippen molar-refractivity contribution in [2.75, 3.05) is 19.6 Å². The van der Waals surface area contributed by atoms with E-state index in [1.54, 1.807) is 0 Å². The molecule has 0 bridgehead atoms. The lowest BCUT2D eigenvalue weighted by Crippen LogP contribution is -2.43. The van der Waals surface area contributed by atoms with Gasteiger partial charge in [0.1, 0.15) is 5.82 Å².